The first kappa shape index (κ1) is 12.0. The summed E-state index contributed by atoms with van der Waals surface area (Å²) in [6.07, 6.45) is -0.398. The lowest BCUT2D eigenvalue weighted by atomic mass is 10.2. The Morgan fingerprint density at radius 3 is 2.37 bits per heavy atom. The molecule has 0 bridgehead atoms. The molecule has 2 aromatic rings. The summed E-state index contributed by atoms with van der Waals surface area (Å²) in [7, 11) is 0. The number of esters is 1. The molecule has 0 N–H and O–H groups in total. The molecule has 0 fully saturated rings. The molecule has 4 nitrogen and oxygen atoms in total. The lowest BCUT2D eigenvalue weighted by Gasteiger charge is -2.14. The Labute approximate surface area is 114 Å². The van der Waals surface area contributed by atoms with E-state index in [0.717, 1.165) is 0 Å². The standard InChI is InChI=1S/C14H12O4S/c15-14(10-4-2-1-3-5-10)18-11-6-16-12-8-19-9-13(12)17-7-11/h1-5,8-9,11H,6-7H2. The van der Waals surface area contributed by atoms with Crippen LogP contribution in [0.15, 0.2) is 41.1 Å². The molecule has 1 aromatic carbocycles. The van der Waals surface area contributed by atoms with Crippen LogP contribution >= 0.6 is 11.3 Å². The molecule has 5 heteroatoms. The fourth-order valence-electron chi connectivity index (χ4n) is 1.76. The zero-order valence-electron chi connectivity index (χ0n) is 10.1. The molecule has 0 spiro atoms. The highest BCUT2D eigenvalue weighted by Crippen LogP contribution is 2.33. The fourth-order valence-corrected chi connectivity index (χ4v) is 2.44. The smallest absolute Gasteiger partial charge is 0.338 e. The van der Waals surface area contributed by atoms with Crippen LogP contribution in [-0.2, 0) is 4.74 Å². The molecular weight excluding hydrogens is 264 g/mol. The Kier molecular flexibility index (Phi) is 3.37. The van der Waals surface area contributed by atoms with E-state index in [0.29, 0.717) is 30.3 Å². The van der Waals surface area contributed by atoms with Gasteiger partial charge in [0.15, 0.2) is 17.6 Å². The van der Waals surface area contributed by atoms with Gasteiger partial charge >= 0.3 is 5.97 Å². The normalized spacial score (nSPS) is 14.7. The number of fused-ring (bicyclic) bond motifs is 1. The summed E-state index contributed by atoms with van der Waals surface area (Å²) in [5.74, 6) is 1.06. The van der Waals surface area contributed by atoms with Crippen molar-refractivity contribution in [2.75, 3.05) is 13.2 Å². The first-order chi connectivity index (χ1) is 9.33. The molecule has 1 aromatic heterocycles. The van der Waals surface area contributed by atoms with Crippen molar-refractivity contribution in [2.45, 2.75) is 6.10 Å². The van der Waals surface area contributed by atoms with Gasteiger partial charge < -0.3 is 14.2 Å². The molecule has 1 aliphatic heterocycles. The second kappa shape index (κ2) is 5.32. The molecule has 0 amide bonds. The molecule has 0 saturated heterocycles. The molecule has 2 heterocycles. The third-order valence-electron chi connectivity index (χ3n) is 2.73. The van der Waals surface area contributed by atoms with Gasteiger partial charge in [0.25, 0.3) is 0 Å². The highest BCUT2D eigenvalue weighted by Gasteiger charge is 2.22. The highest BCUT2D eigenvalue weighted by atomic mass is 32.1. The van der Waals surface area contributed by atoms with E-state index in [1.807, 2.05) is 16.8 Å². The molecule has 0 aliphatic carbocycles. The van der Waals surface area contributed by atoms with Gasteiger partial charge in [0.2, 0.25) is 0 Å². The van der Waals surface area contributed by atoms with Crippen LogP contribution in [0.4, 0.5) is 0 Å². The number of hydrogen-bond donors (Lipinski definition) is 0. The number of carbonyl (C=O) groups excluding carboxylic acids is 1. The van der Waals surface area contributed by atoms with E-state index in [-0.39, 0.29) is 5.97 Å². The SMILES string of the molecule is O=C(OC1COc2cscc2OC1)c1ccccc1. The molecule has 19 heavy (non-hydrogen) atoms. The van der Waals surface area contributed by atoms with Crippen LogP contribution in [0.25, 0.3) is 0 Å². The van der Waals surface area contributed by atoms with Gasteiger partial charge in [-0.25, -0.2) is 4.79 Å². The van der Waals surface area contributed by atoms with Crippen LogP contribution in [0.1, 0.15) is 10.4 Å². The number of benzene rings is 1. The van der Waals surface area contributed by atoms with Gasteiger partial charge in [0, 0.05) is 10.8 Å². The number of carbonyl (C=O) groups is 1. The summed E-state index contributed by atoms with van der Waals surface area (Å²) in [6, 6.07) is 8.89. The second-order valence-corrected chi connectivity index (χ2v) is 4.86. The van der Waals surface area contributed by atoms with Gasteiger partial charge in [-0.3, -0.25) is 0 Å². The quantitative estimate of drug-likeness (QED) is 0.791. The Bertz CT molecular complexity index is 541. The van der Waals surface area contributed by atoms with Crippen molar-refractivity contribution in [3.63, 3.8) is 0 Å². The van der Waals surface area contributed by atoms with Crippen molar-refractivity contribution >= 4 is 17.3 Å². The third kappa shape index (κ3) is 2.71. The van der Waals surface area contributed by atoms with E-state index in [1.165, 1.54) is 11.3 Å². The second-order valence-electron chi connectivity index (χ2n) is 4.12. The minimum absolute atomic E-state index is 0.308. The van der Waals surface area contributed by atoms with Crippen LogP contribution in [0.3, 0.4) is 0 Å². The van der Waals surface area contributed by atoms with Crippen LogP contribution in [0.5, 0.6) is 11.5 Å². The lowest BCUT2D eigenvalue weighted by molar-refractivity contribution is 0.00855. The molecule has 98 valence electrons. The average Bonchev–Trinajstić information content (AvgIpc) is 2.82. The maximum Gasteiger partial charge on any atom is 0.338 e. The number of rotatable bonds is 2. The molecule has 0 radical (unpaired) electrons. The average molecular weight is 276 g/mol. The van der Waals surface area contributed by atoms with E-state index in [1.54, 1.807) is 24.3 Å². The predicted molar refractivity (Wildman–Crippen MR) is 71.0 cm³/mol. The maximum atomic E-state index is 11.9. The van der Waals surface area contributed by atoms with E-state index < -0.39 is 6.10 Å². The van der Waals surface area contributed by atoms with E-state index in [4.69, 9.17) is 14.2 Å². The topological polar surface area (TPSA) is 44.8 Å². The summed E-state index contributed by atoms with van der Waals surface area (Å²) in [5, 5.41) is 3.74. The van der Waals surface area contributed by atoms with Gasteiger partial charge in [-0.2, -0.15) is 0 Å². The summed E-state index contributed by atoms with van der Waals surface area (Å²) < 4.78 is 16.5. The van der Waals surface area contributed by atoms with Gasteiger partial charge in [-0.05, 0) is 12.1 Å². The van der Waals surface area contributed by atoms with Crippen LogP contribution in [0, 0.1) is 0 Å². The molecule has 0 unspecified atom stereocenters. The monoisotopic (exact) mass is 276 g/mol. The first-order valence-electron chi connectivity index (χ1n) is 5.91. The largest absolute Gasteiger partial charge is 0.485 e. The van der Waals surface area contributed by atoms with Crippen molar-refractivity contribution in [1.82, 2.24) is 0 Å². The van der Waals surface area contributed by atoms with Crippen LogP contribution in [-0.4, -0.2) is 25.3 Å². The number of thiophene rings is 1. The third-order valence-corrected chi connectivity index (χ3v) is 3.43. The first-order valence-corrected chi connectivity index (χ1v) is 6.85. The number of ether oxygens (including phenoxy) is 3. The zero-order chi connectivity index (χ0) is 13.1. The molecule has 1 aliphatic rings. The van der Waals surface area contributed by atoms with Crippen molar-refractivity contribution in [3.05, 3.63) is 46.7 Å². The predicted octanol–water partition coefficient (Wildman–Crippen LogP) is 2.74. The van der Waals surface area contributed by atoms with E-state index in [9.17, 15) is 4.79 Å². The Morgan fingerprint density at radius 2 is 1.74 bits per heavy atom. The van der Waals surface area contributed by atoms with Crippen LogP contribution < -0.4 is 9.47 Å². The highest BCUT2D eigenvalue weighted by molar-refractivity contribution is 7.08. The molecular formula is C14H12O4S. The van der Waals surface area contributed by atoms with E-state index >= 15 is 0 Å². The lowest BCUT2D eigenvalue weighted by Crippen LogP contribution is -2.29. The van der Waals surface area contributed by atoms with E-state index in [2.05, 4.69) is 0 Å². The Hall–Kier alpha value is -2.01. The summed E-state index contributed by atoms with van der Waals surface area (Å²) >= 11 is 1.52. The molecule has 0 saturated carbocycles. The van der Waals surface area contributed by atoms with Gasteiger partial charge in [0.1, 0.15) is 13.2 Å². The Morgan fingerprint density at radius 1 is 1.11 bits per heavy atom. The number of hydrogen-bond acceptors (Lipinski definition) is 5. The van der Waals surface area contributed by atoms with Crippen molar-refractivity contribution in [3.8, 4) is 11.5 Å². The Balaban J connectivity index is 1.63. The van der Waals surface area contributed by atoms with Gasteiger partial charge in [0.05, 0.1) is 5.56 Å². The maximum absolute atomic E-state index is 11.9. The van der Waals surface area contributed by atoms with Crippen molar-refractivity contribution in [1.29, 1.82) is 0 Å². The summed E-state index contributed by atoms with van der Waals surface area (Å²) in [6.45, 7) is 0.616. The minimum Gasteiger partial charge on any atom is -0.485 e. The minimum atomic E-state index is -0.398. The van der Waals surface area contributed by atoms with Crippen molar-refractivity contribution < 1.29 is 19.0 Å². The van der Waals surface area contributed by atoms with Gasteiger partial charge in [-0.1, -0.05) is 18.2 Å². The molecule has 0 atom stereocenters. The fraction of sp³-hybridized carbons (Fsp3) is 0.214. The summed E-state index contributed by atoms with van der Waals surface area (Å²) in [5.41, 5.74) is 0.529. The van der Waals surface area contributed by atoms with Crippen molar-refractivity contribution in [2.24, 2.45) is 0 Å². The van der Waals surface area contributed by atoms with Gasteiger partial charge in [-0.15, -0.1) is 11.3 Å². The zero-order valence-corrected chi connectivity index (χ0v) is 10.9. The summed E-state index contributed by atoms with van der Waals surface area (Å²) in [4.78, 5) is 11.9. The molecule has 3 rings (SSSR count). The van der Waals surface area contributed by atoms with Crippen LogP contribution in [0.2, 0.25) is 0 Å².